The molecule has 3 heterocycles. The number of aromatic nitrogens is 2. The maximum absolute atomic E-state index is 12.9. The molecule has 1 amide bonds. The van der Waals surface area contributed by atoms with Crippen LogP contribution < -0.4 is 0 Å². The third-order valence-corrected chi connectivity index (χ3v) is 5.19. The molecule has 23 heavy (non-hydrogen) atoms. The number of aliphatic carboxylic acids is 1. The summed E-state index contributed by atoms with van der Waals surface area (Å²) in [6, 6.07) is 3.85. The van der Waals surface area contributed by atoms with E-state index in [1.54, 1.807) is 29.7 Å². The van der Waals surface area contributed by atoms with Crippen LogP contribution in [0.4, 0.5) is 0 Å². The molecule has 1 aliphatic heterocycles. The molecule has 1 fully saturated rings. The van der Waals surface area contributed by atoms with Crippen LogP contribution in [0.3, 0.4) is 0 Å². The fourth-order valence-corrected chi connectivity index (χ4v) is 3.72. The summed E-state index contributed by atoms with van der Waals surface area (Å²) < 4.78 is 1.63. The molecule has 3 rings (SSSR count). The second kappa shape index (κ2) is 5.81. The van der Waals surface area contributed by atoms with Crippen LogP contribution in [0.25, 0.3) is 10.6 Å². The number of piperidine rings is 1. The molecule has 0 bridgehead atoms. The van der Waals surface area contributed by atoms with E-state index >= 15 is 0 Å². The third-order valence-electron chi connectivity index (χ3n) is 4.31. The molecular weight excluding hydrogens is 314 g/mol. The largest absolute Gasteiger partial charge is 0.481 e. The van der Waals surface area contributed by atoms with Crippen LogP contribution in [0.1, 0.15) is 30.1 Å². The lowest BCUT2D eigenvalue weighted by Crippen LogP contribution is -2.48. The van der Waals surface area contributed by atoms with E-state index in [-0.39, 0.29) is 12.5 Å². The Hall–Kier alpha value is -2.15. The van der Waals surface area contributed by atoms with Gasteiger partial charge in [-0.05, 0) is 31.2 Å². The van der Waals surface area contributed by atoms with Crippen LogP contribution in [-0.2, 0) is 11.8 Å². The zero-order valence-electron chi connectivity index (χ0n) is 13.2. The molecule has 1 N–H and O–H groups in total. The fraction of sp³-hybridized carbons (Fsp3) is 0.438. The van der Waals surface area contributed by atoms with Gasteiger partial charge in [-0.1, -0.05) is 6.07 Å². The lowest BCUT2D eigenvalue weighted by atomic mass is 9.82. The lowest BCUT2D eigenvalue weighted by molar-refractivity contribution is -0.150. The van der Waals surface area contributed by atoms with Gasteiger partial charge in [0, 0.05) is 26.3 Å². The average molecular weight is 333 g/mol. The predicted molar refractivity (Wildman–Crippen MR) is 87.4 cm³/mol. The first-order valence-electron chi connectivity index (χ1n) is 7.51. The zero-order valence-corrected chi connectivity index (χ0v) is 14.0. The third kappa shape index (κ3) is 2.88. The van der Waals surface area contributed by atoms with Gasteiger partial charge in [0.05, 0.1) is 15.9 Å². The highest BCUT2D eigenvalue weighted by molar-refractivity contribution is 7.13. The Balaban J connectivity index is 1.91. The molecule has 7 heteroatoms. The highest BCUT2D eigenvalue weighted by atomic mass is 32.1. The number of carboxylic acid groups (broad SMARTS) is 1. The maximum atomic E-state index is 12.9. The number of carbonyl (C=O) groups is 2. The van der Waals surface area contributed by atoms with Crippen molar-refractivity contribution in [2.45, 2.75) is 19.8 Å². The number of likely N-dealkylation sites (tertiary alicyclic amines) is 1. The van der Waals surface area contributed by atoms with Crippen LogP contribution in [0.2, 0.25) is 0 Å². The van der Waals surface area contributed by atoms with Gasteiger partial charge in [-0.3, -0.25) is 14.3 Å². The smallest absolute Gasteiger partial charge is 0.311 e. The molecule has 1 aliphatic rings. The molecule has 0 spiro atoms. The maximum Gasteiger partial charge on any atom is 0.311 e. The molecule has 2 aromatic heterocycles. The summed E-state index contributed by atoms with van der Waals surface area (Å²) in [4.78, 5) is 27.0. The molecule has 0 saturated carbocycles. The van der Waals surface area contributed by atoms with Crippen LogP contribution in [0.5, 0.6) is 0 Å². The first-order valence-corrected chi connectivity index (χ1v) is 8.39. The quantitative estimate of drug-likeness (QED) is 0.936. The number of hydrogen-bond donors (Lipinski definition) is 1. The van der Waals surface area contributed by atoms with Crippen molar-refractivity contribution in [1.82, 2.24) is 14.7 Å². The number of carbonyl (C=O) groups excluding carboxylic acids is 1. The molecule has 122 valence electrons. The summed E-state index contributed by atoms with van der Waals surface area (Å²) in [7, 11) is 1.78. The molecule has 0 aromatic carbocycles. The summed E-state index contributed by atoms with van der Waals surface area (Å²) >= 11 is 1.53. The molecule has 1 atom stereocenters. The number of aryl methyl sites for hydroxylation is 1. The number of thiophene rings is 1. The summed E-state index contributed by atoms with van der Waals surface area (Å²) in [5, 5.41) is 15.8. The van der Waals surface area contributed by atoms with E-state index in [0.717, 1.165) is 4.88 Å². The van der Waals surface area contributed by atoms with Gasteiger partial charge in [-0.2, -0.15) is 5.10 Å². The van der Waals surface area contributed by atoms with E-state index in [9.17, 15) is 14.7 Å². The summed E-state index contributed by atoms with van der Waals surface area (Å²) in [5.41, 5.74) is 0.318. The van der Waals surface area contributed by atoms with Crippen LogP contribution in [0.15, 0.2) is 23.7 Å². The van der Waals surface area contributed by atoms with Crippen molar-refractivity contribution in [1.29, 1.82) is 0 Å². The molecular formula is C16H19N3O3S. The standard InChI is InChI=1S/C16H19N3O3S/c1-16(15(21)22)6-4-7-19(10-16)14(20)11-9-18(2)17-13(11)12-5-3-8-23-12/h3,5,8-9H,4,6-7,10H2,1-2H3,(H,21,22). The minimum Gasteiger partial charge on any atom is -0.481 e. The van der Waals surface area contributed by atoms with Crippen molar-refractivity contribution in [3.8, 4) is 10.6 Å². The van der Waals surface area contributed by atoms with Gasteiger partial charge in [0.15, 0.2) is 0 Å². The number of carboxylic acids is 1. The number of amides is 1. The van der Waals surface area contributed by atoms with E-state index in [1.807, 2.05) is 17.5 Å². The Bertz CT molecular complexity index is 738. The lowest BCUT2D eigenvalue weighted by Gasteiger charge is -2.37. The normalized spacial score (nSPS) is 21.4. The summed E-state index contributed by atoms with van der Waals surface area (Å²) in [6.07, 6.45) is 3.00. The van der Waals surface area contributed by atoms with Gasteiger partial charge in [0.1, 0.15) is 5.69 Å². The van der Waals surface area contributed by atoms with Crippen molar-refractivity contribution < 1.29 is 14.7 Å². The van der Waals surface area contributed by atoms with Gasteiger partial charge >= 0.3 is 5.97 Å². The second-order valence-corrected chi connectivity index (χ2v) is 7.19. The fourth-order valence-electron chi connectivity index (χ4n) is 3.00. The second-order valence-electron chi connectivity index (χ2n) is 6.24. The zero-order chi connectivity index (χ0) is 16.6. The van der Waals surface area contributed by atoms with Gasteiger partial charge in [0.25, 0.3) is 5.91 Å². The highest BCUT2D eigenvalue weighted by Gasteiger charge is 2.40. The van der Waals surface area contributed by atoms with Crippen molar-refractivity contribution in [2.24, 2.45) is 12.5 Å². The van der Waals surface area contributed by atoms with Crippen LogP contribution in [0, 0.1) is 5.41 Å². The number of rotatable bonds is 3. The average Bonchev–Trinajstić information content (AvgIpc) is 3.15. The number of nitrogens with zero attached hydrogens (tertiary/aromatic N) is 3. The van der Waals surface area contributed by atoms with Crippen LogP contribution in [-0.4, -0.2) is 44.8 Å². The monoisotopic (exact) mass is 333 g/mol. The first-order chi connectivity index (χ1) is 10.9. The Labute approximate surface area is 138 Å². The summed E-state index contributed by atoms with van der Waals surface area (Å²) in [5.74, 6) is -0.992. The minimum absolute atomic E-state index is 0.145. The van der Waals surface area contributed by atoms with Crippen molar-refractivity contribution in [3.05, 3.63) is 29.3 Å². The Morgan fingerprint density at radius 2 is 2.22 bits per heavy atom. The molecule has 0 aliphatic carbocycles. The van der Waals surface area contributed by atoms with E-state index in [2.05, 4.69) is 5.10 Å². The molecule has 0 radical (unpaired) electrons. The highest BCUT2D eigenvalue weighted by Crippen LogP contribution is 2.32. The Morgan fingerprint density at radius 1 is 1.43 bits per heavy atom. The van der Waals surface area contributed by atoms with Gasteiger partial charge in [-0.25, -0.2) is 0 Å². The molecule has 2 aromatic rings. The molecule has 6 nitrogen and oxygen atoms in total. The SMILES string of the molecule is Cn1cc(C(=O)N2CCCC(C)(C(=O)O)C2)c(-c2cccs2)n1. The predicted octanol–water partition coefficient (Wildman–Crippen LogP) is 2.48. The van der Waals surface area contributed by atoms with E-state index < -0.39 is 11.4 Å². The van der Waals surface area contributed by atoms with Crippen LogP contribution >= 0.6 is 11.3 Å². The van der Waals surface area contributed by atoms with Gasteiger partial charge < -0.3 is 10.0 Å². The van der Waals surface area contributed by atoms with Crippen molar-refractivity contribution in [3.63, 3.8) is 0 Å². The Kier molecular flexibility index (Phi) is 3.97. The van der Waals surface area contributed by atoms with E-state index in [1.165, 1.54) is 11.3 Å². The minimum atomic E-state index is -0.876. The number of hydrogen-bond acceptors (Lipinski definition) is 4. The first kappa shape index (κ1) is 15.7. The summed E-state index contributed by atoms with van der Waals surface area (Å²) in [6.45, 7) is 2.53. The molecule has 1 saturated heterocycles. The molecule has 1 unspecified atom stereocenters. The van der Waals surface area contributed by atoms with E-state index in [0.29, 0.717) is 30.6 Å². The van der Waals surface area contributed by atoms with Gasteiger partial charge in [0.2, 0.25) is 0 Å². The topological polar surface area (TPSA) is 75.4 Å². The van der Waals surface area contributed by atoms with E-state index in [4.69, 9.17) is 0 Å². The van der Waals surface area contributed by atoms with Gasteiger partial charge in [-0.15, -0.1) is 11.3 Å². The van der Waals surface area contributed by atoms with Crippen molar-refractivity contribution in [2.75, 3.05) is 13.1 Å². The van der Waals surface area contributed by atoms with Crippen molar-refractivity contribution >= 4 is 23.2 Å². The Morgan fingerprint density at radius 3 is 2.87 bits per heavy atom.